The van der Waals surface area contributed by atoms with Crippen LogP contribution in [0.1, 0.15) is 30.7 Å². The van der Waals surface area contributed by atoms with Gasteiger partial charge in [-0.3, -0.25) is 4.79 Å². The third-order valence-corrected chi connectivity index (χ3v) is 2.67. The highest BCUT2D eigenvalue weighted by Crippen LogP contribution is 2.22. The molecule has 84 valence electrons. The molecule has 2 aromatic rings. The lowest BCUT2D eigenvalue weighted by Gasteiger charge is -2.08. The van der Waals surface area contributed by atoms with Gasteiger partial charge in [0, 0.05) is 0 Å². The molecule has 0 aliphatic carbocycles. The molecule has 0 radical (unpaired) electrons. The van der Waals surface area contributed by atoms with Gasteiger partial charge < -0.3 is 10.1 Å². The van der Waals surface area contributed by atoms with Crippen molar-refractivity contribution in [3.05, 3.63) is 29.6 Å². The highest BCUT2D eigenvalue weighted by molar-refractivity contribution is 5.76. The lowest BCUT2D eigenvalue weighted by atomic mass is 9.97. The van der Waals surface area contributed by atoms with E-state index in [2.05, 4.69) is 9.97 Å². The van der Waals surface area contributed by atoms with E-state index in [1.807, 2.05) is 32.0 Å². The van der Waals surface area contributed by atoms with Crippen LogP contribution in [0.15, 0.2) is 18.2 Å². The van der Waals surface area contributed by atoms with Crippen LogP contribution < -0.4 is 0 Å². The molecule has 0 saturated carbocycles. The van der Waals surface area contributed by atoms with Crippen molar-refractivity contribution < 1.29 is 9.90 Å². The van der Waals surface area contributed by atoms with Crippen LogP contribution in [-0.2, 0) is 4.79 Å². The van der Waals surface area contributed by atoms with Gasteiger partial charge in [0.1, 0.15) is 5.82 Å². The summed E-state index contributed by atoms with van der Waals surface area (Å²) < 4.78 is 0. The van der Waals surface area contributed by atoms with Crippen LogP contribution >= 0.6 is 0 Å². The molecule has 0 aliphatic heterocycles. The molecule has 16 heavy (non-hydrogen) atoms. The summed E-state index contributed by atoms with van der Waals surface area (Å²) in [5.74, 6) is 0.122. The first-order valence-corrected chi connectivity index (χ1v) is 5.24. The number of nitrogens with one attached hydrogen (secondary N) is 1. The van der Waals surface area contributed by atoms with Crippen LogP contribution in [0.25, 0.3) is 11.0 Å². The smallest absolute Gasteiger partial charge is 0.303 e. The minimum atomic E-state index is -0.770. The Kier molecular flexibility index (Phi) is 2.64. The molecule has 1 aromatic heterocycles. The van der Waals surface area contributed by atoms with Crippen LogP contribution in [0.4, 0.5) is 0 Å². The Morgan fingerprint density at radius 2 is 2.31 bits per heavy atom. The molecule has 2 rings (SSSR count). The van der Waals surface area contributed by atoms with E-state index in [4.69, 9.17) is 5.11 Å². The summed E-state index contributed by atoms with van der Waals surface area (Å²) in [7, 11) is 0. The number of hydrogen-bond donors (Lipinski definition) is 2. The van der Waals surface area contributed by atoms with E-state index in [0.29, 0.717) is 0 Å². The second kappa shape index (κ2) is 3.96. The zero-order valence-electron chi connectivity index (χ0n) is 9.32. The molecule has 0 aliphatic rings. The van der Waals surface area contributed by atoms with Gasteiger partial charge >= 0.3 is 5.97 Å². The van der Waals surface area contributed by atoms with Gasteiger partial charge in [0.2, 0.25) is 0 Å². The van der Waals surface area contributed by atoms with Crippen molar-refractivity contribution in [2.24, 2.45) is 0 Å². The molecule has 1 heterocycles. The van der Waals surface area contributed by atoms with Gasteiger partial charge in [-0.25, -0.2) is 4.98 Å². The van der Waals surface area contributed by atoms with E-state index in [0.717, 1.165) is 22.4 Å². The number of aryl methyl sites for hydroxylation is 1. The number of carboxylic acids is 1. The number of carboxylic acid groups (broad SMARTS) is 1. The fourth-order valence-corrected chi connectivity index (χ4v) is 1.84. The SMILES string of the molecule is Cc1nc2ccc(C(C)CC(=O)O)cc2[nH]1. The maximum absolute atomic E-state index is 10.6. The number of rotatable bonds is 3. The van der Waals surface area contributed by atoms with Crippen molar-refractivity contribution in [2.45, 2.75) is 26.2 Å². The summed E-state index contributed by atoms with van der Waals surface area (Å²) in [5, 5.41) is 8.74. The van der Waals surface area contributed by atoms with E-state index < -0.39 is 5.97 Å². The molecule has 1 unspecified atom stereocenters. The van der Waals surface area contributed by atoms with Crippen molar-refractivity contribution in [2.75, 3.05) is 0 Å². The van der Waals surface area contributed by atoms with Crippen molar-refractivity contribution in [1.82, 2.24) is 9.97 Å². The summed E-state index contributed by atoms with van der Waals surface area (Å²) in [5.41, 5.74) is 2.91. The lowest BCUT2D eigenvalue weighted by Crippen LogP contribution is -2.02. The molecular weight excluding hydrogens is 204 g/mol. The maximum Gasteiger partial charge on any atom is 0.303 e. The van der Waals surface area contributed by atoms with Gasteiger partial charge in [0.05, 0.1) is 17.5 Å². The highest BCUT2D eigenvalue weighted by Gasteiger charge is 2.11. The zero-order valence-corrected chi connectivity index (χ0v) is 9.32. The molecule has 4 heteroatoms. The normalized spacial score (nSPS) is 12.9. The van der Waals surface area contributed by atoms with Crippen molar-refractivity contribution in [3.63, 3.8) is 0 Å². The van der Waals surface area contributed by atoms with E-state index in [-0.39, 0.29) is 12.3 Å². The molecule has 0 fully saturated rings. The van der Waals surface area contributed by atoms with Crippen LogP contribution in [0.3, 0.4) is 0 Å². The number of fused-ring (bicyclic) bond motifs is 1. The Morgan fingerprint density at radius 1 is 1.56 bits per heavy atom. The van der Waals surface area contributed by atoms with E-state index >= 15 is 0 Å². The van der Waals surface area contributed by atoms with Crippen LogP contribution in [-0.4, -0.2) is 21.0 Å². The first kappa shape index (κ1) is 10.7. The Hall–Kier alpha value is -1.84. The van der Waals surface area contributed by atoms with Crippen molar-refractivity contribution >= 4 is 17.0 Å². The third-order valence-electron chi connectivity index (χ3n) is 2.67. The first-order chi connectivity index (χ1) is 7.56. The number of benzene rings is 1. The molecule has 2 N–H and O–H groups in total. The van der Waals surface area contributed by atoms with Crippen molar-refractivity contribution in [1.29, 1.82) is 0 Å². The Labute approximate surface area is 93.3 Å². The molecule has 1 aromatic carbocycles. The highest BCUT2D eigenvalue weighted by atomic mass is 16.4. The molecule has 4 nitrogen and oxygen atoms in total. The number of nitrogens with zero attached hydrogens (tertiary/aromatic N) is 1. The Bertz CT molecular complexity index is 531. The number of aromatic amines is 1. The molecule has 0 spiro atoms. The summed E-state index contributed by atoms with van der Waals surface area (Å²) in [4.78, 5) is 18.1. The lowest BCUT2D eigenvalue weighted by molar-refractivity contribution is -0.137. The number of imidazole rings is 1. The number of H-pyrrole nitrogens is 1. The van der Waals surface area contributed by atoms with E-state index in [1.54, 1.807) is 0 Å². The number of hydrogen-bond acceptors (Lipinski definition) is 2. The molecule has 0 amide bonds. The van der Waals surface area contributed by atoms with Gasteiger partial charge in [0.15, 0.2) is 0 Å². The summed E-state index contributed by atoms with van der Waals surface area (Å²) >= 11 is 0. The predicted molar refractivity (Wildman–Crippen MR) is 61.5 cm³/mol. The molecule has 1 atom stereocenters. The summed E-state index contributed by atoms with van der Waals surface area (Å²) in [6.07, 6.45) is 0.151. The van der Waals surface area contributed by atoms with E-state index in [9.17, 15) is 4.79 Å². The predicted octanol–water partition coefficient (Wildman–Crippen LogP) is 2.45. The third kappa shape index (κ3) is 2.05. The summed E-state index contributed by atoms with van der Waals surface area (Å²) in [6, 6.07) is 5.84. The van der Waals surface area contributed by atoms with Crippen molar-refractivity contribution in [3.8, 4) is 0 Å². The maximum atomic E-state index is 10.6. The van der Waals surface area contributed by atoms with Gasteiger partial charge in [-0.2, -0.15) is 0 Å². The number of carbonyl (C=O) groups is 1. The zero-order chi connectivity index (χ0) is 11.7. The largest absolute Gasteiger partial charge is 0.481 e. The van der Waals surface area contributed by atoms with Crippen LogP contribution in [0.5, 0.6) is 0 Å². The monoisotopic (exact) mass is 218 g/mol. The standard InChI is InChI=1S/C12H14N2O2/c1-7(5-12(15)16)9-3-4-10-11(6-9)14-8(2)13-10/h3-4,6-7H,5H2,1-2H3,(H,13,14)(H,15,16). The Balaban J connectivity index is 2.34. The van der Waals surface area contributed by atoms with Gasteiger partial charge in [-0.1, -0.05) is 13.0 Å². The fraction of sp³-hybridized carbons (Fsp3) is 0.333. The second-order valence-electron chi connectivity index (χ2n) is 4.10. The second-order valence-corrected chi connectivity index (χ2v) is 4.10. The van der Waals surface area contributed by atoms with Crippen LogP contribution in [0.2, 0.25) is 0 Å². The minimum absolute atomic E-state index is 0.0190. The quantitative estimate of drug-likeness (QED) is 0.831. The van der Waals surface area contributed by atoms with Gasteiger partial charge in [-0.15, -0.1) is 0 Å². The molecule has 0 saturated heterocycles. The fourth-order valence-electron chi connectivity index (χ4n) is 1.84. The van der Waals surface area contributed by atoms with Gasteiger partial charge in [0.25, 0.3) is 0 Å². The molecular formula is C12H14N2O2. The van der Waals surface area contributed by atoms with Crippen LogP contribution in [0, 0.1) is 6.92 Å². The van der Waals surface area contributed by atoms with E-state index in [1.165, 1.54) is 0 Å². The van der Waals surface area contributed by atoms with Gasteiger partial charge in [-0.05, 0) is 30.5 Å². The number of aliphatic carboxylic acids is 1. The average molecular weight is 218 g/mol. The average Bonchev–Trinajstić information content (AvgIpc) is 2.55. The first-order valence-electron chi connectivity index (χ1n) is 5.24. The topological polar surface area (TPSA) is 66.0 Å². The number of aromatic nitrogens is 2. The summed E-state index contributed by atoms with van der Waals surface area (Å²) in [6.45, 7) is 3.82. The Morgan fingerprint density at radius 3 is 3.00 bits per heavy atom. The molecule has 0 bridgehead atoms. The minimum Gasteiger partial charge on any atom is -0.481 e.